The van der Waals surface area contributed by atoms with Gasteiger partial charge in [-0.3, -0.25) is 0 Å². The van der Waals surface area contributed by atoms with Crippen LogP contribution in [0.2, 0.25) is 0 Å². The molecular formula is C18H18N2O3S. The molecule has 3 rings (SSSR count). The number of nitrogens with one attached hydrogen (secondary N) is 1. The number of benzene rings is 2. The van der Waals surface area contributed by atoms with E-state index in [1.807, 2.05) is 38.1 Å². The number of aromatic carboxylic acids is 1. The van der Waals surface area contributed by atoms with Crippen molar-refractivity contribution >= 4 is 30.1 Å². The Labute approximate surface area is 145 Å². The maximum absolute atomic E-state index is 11.1. The van der Waals surface area contributed by atoms with Gasteiger partial charge in [-0.05, 0) is 56.3 Å². The normalized spacial score (nSPS) is 16.2. The fraction of sp³-hybridized carbons (Fsp3) is 0.222. The standard InChI is InChI=1S/C18H18N2O3S/c1-10(2)23-13-6-3-11(4-7-13)16-19-15-8-5-12(18(21)22)9-14(15)17(24)20-16/h3-10,17,24H,1-2H3,(H,19,20)(H,21,22). The molecule has 0 aromatic heterocycles. The van der Waals surface area contributed by atoms with Gasteiger partial charge >= 0.3 is 5.97 Å². The smallest absolute Gasteiger partial charge is 0.335 e. The highest BCUT2D eigenvalue weighted by atomic mass is 32.1. The predicted octanol–water partition coefficient (Wildman–Crippen LogP) is 3.97. The van der Waals surface area contributed by atoms with Crippen LogP contribution in [0.5, 0.6) is 5.75 Å². The van der Waals surface area contributed by atoms with E-state index in [1.165, 1.54) is 0 Å². The fourth-order valence-corrected chi connectivity index (χ4v) is 2.81. The Bertz CT molecular complexity index is 800. The molecule has 0 bridgehead atoms. The number of aliphatic imine (C=N–C) groups is 1. The van der Waals surface area contributed by atoms with E-state index >= 15 is 0 Å². The lowest BCUT2D eigenvalue weighted by molar-refractivity contribution is 0.0697. The molecule has 0 spiro atoms. The number of hydrogen-bond acceptors (Lipinski definition) is 5. The Morgan fingerprint density at radius 1 is 1.25 bits per heavy atom. The number of carbonyl (C=O) groups is 1. The van der Waals surface area contributed by atoms with Gasteiger partial charge in [0.2, 0.25) is 0 Å². The molecule has 0 saturated carbocycles. The number of ether oxygens (including phenoxy) is 1. The van der Waals surface area contributed by atoms with Crippen LogP contribution >= 0.6 is 12.6 Å². The lowest BCUT2D eigenvalue weighted by Crippen LogP contribution is -2.20. The quantitative estimate of drug-likeness (QED) is 0.735. The van der Waals surface area contributed by atoms with E-state index in [2.05, 4.69) is 22.9 Å². The van der Waals surface area contributed by atoms with Crippen LogP contribution in [0.3, 0.4) is 0 Å². The molecule has 1 heterocycles. The van der Waals surface area contributed by atoms with Crippen LogP contribution in [0.15, 0.2) is 47.5 Å². The first kappa shape index (κ1) is 16.4. The number of carboxylic acids is 1. The van der Waals surface area contributed by atoms with E-state index in [0.717, 1.165) is 22.6 Å². The highest BCUT2D eigenvalue weighted by molar-refractivity contribution is 7.80. The number of amidine groups is 1. The molecule has 5 nitrogen and oxygen atoms in total. The molecule has 2 N–H and O–H groups in total. The number of thiol groups is 1. The number of anilines is 1. The van der Waals surface area contributed by atoms with Crippen molar-refractivity contribution in [2.24, 2.45) is 4.99 Å². The van der Waals surface area contributed by atoms with Crippen LogP contribution in [0.1, 0.15) is 40.7 Å². The largest absolute Gasteiger partial charge is 0.491 e. The number of nitrogens with zero attached hydrogens (tertiary/aromatic N) is 1. The molecule has 1 unspecified atom stereocenters. The van der Waals surface area contributed by atoms with Crippen LogP contribution in [0.25, 0.3) is 0 Å². The van der Waals surface area contributed by atoms with Crippen molar-refractivity contribution in [2.45, 2.75) is 25.3 Å². The maximum atomic E-state index is 11.1. The monoisotopic (exact) mass is 342 g/mol. The van der Waals surface area contributed by atoms with Crippen LogP contribution in [0, 0.1) is 0 Å². The molecule has 24 heavy (non-hydrogen) atoms. The molecule has 1 aliphatic heterocycles. The number of rotatable bonds is 4. The van der Waals surface area contributed by atoms with Gasteiger partial charge in [0.05, 0.1) is 11.7 Å². The van der Waals surface area contributed by atoms with Gasteiger partial charge in [-0.1, -0.05) is 0 Å². The molecule has 124 valence electrons. The lowest BCUT2D eigenvalue weighted by Gasteiger charge is -2.23. The summed E-state index contributed by atoms with van der Waals surface area (Å²) < 4.78 is 5.64. The molecule has 0 saturated heterocycles. The Morgan fingerprint density at radius 2 is 1.96 bits per heavy atom. The minimum atomic E-state index is -0.964. The van der Waals surface area contributed by atoms with Gasteiger partial charge in [-0.25, -0.2) is 9.79 Å². The number of hydrogen-bond donors (Lipinski definition) is 3. The first-order chi connectivity index (χ1) is 11.4. The SMILES string of the molecule is CC(C)Oc1ccc(C2=NC(S)c3cc(C(=O)O)ccc3N2)cc1. The van der Waals surface area contributed by atoms with E-state index in [4.69, 9.17) is 9.84 Å². The summed E-state index contributed by atoms with van der Waals surface area (Å²) in [5.41, 5.74) is 2.70. The molecule has 0 aliphatic carbocycles. The Balaban J connectivity index is 1.86. The van der Waals surface area contributed by atoms with E-state index < -0.39 is 11.3 Å². The highest BCUT2D eigenvalue weighted by Crippen LogP contribution is 2.34. The molecule has 0 radical (unpaired) electrons. The fourth-order valence-electron chi connectivity index (χ4n) is 2.49. The molecule has 1 aliphatic rings. The first-order valence-electron chi connectivity index (χ1n) is 7.61. The minimum Gasteiger partial charge on any atom is -0.491 e. The minimum absolute atomic E-state index is 0.123. The van der Waals surface area contributed by atoms with Crippen LogP contribution in [0.4, 0.5) is 5.69 Å². The van der Waals surface area contributed by atoms with Gasteiger partial charge in [0, 0.05) is 16.8 Å². The summed E-state index contributed by atoms with van der Waals surface area (Å²) in [5, 5.41) is 11.9. The molecule has 2 aromatic rings. The van der Waals surface area contributed by atoms with Crippen molar-refractivity contribution in [3.63, 3.8) is 0 Å². The second-order valence-corrected chi connectivity index (χ2v) is 6.26. The third kappa shape index (κ3) is 3.38. The number of fused-ring (bicyclic) bond motifs is 1. The molecule has 2 aromatic carbocycles. The van der Waals surface area contributed by atoms with Crippen LogP contribution in [-0.2, 0) is 0 Å². The molecule has 0 amide bonds. The molecular weight excluding hydrogens is 324 g/mol. The van der Waals surface area contributed by atoms with E-state index in [0.29, 0.717) is 5.84 Å². The summed E-state index contributed by atoms with van der Waals surface area (Å²) in [4.78, 5) is 15.6. The molecule has 0 fully saturated rings. The zero-order valence-corrected chi connectivity index (χ0v) is 14.2. The highest BCUT2D eigenvalue weighted by Gasteiger charge is 2.21. The third-order valence-corrected chi connectivity index (χ3v) is 3.97. The average molecular weight is 342 g/mol. The summed E-state index contributed by atoms with van der Waals surface area (Å²) in [7, 11) is 0. The lowest BCUT2D eigenvalue weighted by atomic mass is 10.1. The van der Waals surface area contributed by atoms with Crippen molar-refractivity contribution in [3.8, 4) is 5.75 Å². The molecule has 6 heteroatoms. The van der Waals surface area contributed by atoms with E-state index in [-0.39, 0.29) is 11.7 Å². The summed E-state index contributed by atoms with van der Waals surface area (Å²) in [6, 6.07) is 12.6. The second-order valence-electron chi connectivity index (χ2n) is 5.77. The summed E-state index contributed by atoms with van der Waals surface area (Å²) >= 11 is 4.49. The van der Waals surface area contributed by atoms with Gasteiger partial charge in [0.15, 0.2) is 0 Å². The predicted molar refractivity (Wildman–Crippen MR) is 97.5 cm³/mol. The average Bonchev–Trinajstić information content (AvgIpc) is 2.54. The van der Waals surface area contributed by atoms with Crippen molar-refractivity contribution in [1.82, 2.24) is 0 Å². The van der Waals surface area contributed by atoms with Crippen LogP contribution in [-0.4, -0.2) is 23.0 Å². The maximum Gasteiger partial charge on any atom is 0.335 e. The Kier molecular flexibility index (Phi) is 4.49. The zero-order chi connectivity index (χ0) is 17.3. The van der Waals surface area contributed by atoms with Gasteiger partial charge in [0.1, 0.15) is 17.0 Å². The van der Waals surface area contributed by atoms with Crippen molar-refractivity contribution in [2.75, 3.05) is 5.32 Å². The summed E-state index contributed by atoms with van der Waals surface area (Å²) in [6.07, 6.45) is 0.123. The van der Waals surface area contributed by atoms with Gasteiger partial charge < -0.3 is 15.2 Å². The second kappa shape index (κ2) is 6.57. The van der Waals surface area contributed by atoms with Gasteiger partial charge in [0.25, 0.3) is 0 Å². The van der Waals surface area contributed by atoms with Gasteiger partial charge in [-0.2, -0.15) is 0 Å². The Morgan fingerprint density at radius 3 is 2.58 bits per heavy atom. The van der Waals surface area contributed by atoms with E-state index in [9.17, 15) is 4.79 Å². The third-order valence-electron chi connectivity index (χ3n) is 3.58. The zero-order valence-electron chi connectivity index (χ0n) is 13.4. The summed E-state index contributed by atoms with van der Waals surface area (Å²) in [6.45, 7) is 3.96. The Hall–Kier alpha value is -2.47. The first-order valence-corrected chi connectivity index (χ1v) is 8.13. The number of carboxylic acid groups (broad SMARTS) is 1. The van der Waals surface area contributed by atoms with Crippen molar-refractivity contribution < 1.29 is 14.6 Å². The van der Waals surface area contributed by atoms with Crippen molar-refractivity contribution in [3.05, 3.63) is 59.2 Å². The van der Waals surface area contributed by atoms with Gasteiger partial charge in [-0.15, -0.1) is 12.6 Å². The summed E-state index contributed by atoms with van der Waals surface area (Å²) in [5.74, 6) is 0.537. The topological polar surface area (TPSA) is 70.9 Å². The molecule has 1 atom stereocenters. The van der Waals surface area contributed by atoms with E-state index in [1.54, 1.807) is 18.2 Å². The van der Waals surface area contributed by atoms with Crippen molar-refractivity contribution in [1.29, 1.82) is 0 Å². The van der Waals surface area contributed by atoms with Crippen LogP contribution < -0.4 is 10.1 Å².